The van der Waals surface area contributed by atoms with Crippen molar-refractivity contribution in [1.82, 2.24) is 20.1 Å². The van der Waals surface area contributed by atoms with Gasteiger partial charge in [-0.05, 0) is 50.2 Å². The van der Waals surface area contributed by atoms with Crippen molar-refractivity contribution in [2.75, 3.05) is 36.9 Å². The van der Waals surface area contributed by atoms with Crippen LogP contribution in [0.5, 0.6) is 17.2 Å². The van der Waals surface area contributed by atoms with Crippen molar-refractivity contribution in [1.29, 1.82) is 0 Å². The number of pyridine rings is 1. The van der Waals surface area contributed by atoms with Gasteiger partial charge in [-0.25, -0.2) is 4.79 Å². The van der Waals surface area contributed by atoms with Gasteiger partial charge in [0.05, 0.1) is 21.8 Å². The molecule has 12 heteroatoms. The van der Waals surface area contributed by atoms with Crippen LogP contribution in [0, 0.1) is 0 Å². The molecule has 0 spiro atoms. The van der Waals surface area contributed by atoms with Crippen molar-refractivity contribution in [2.24, 2.45) is 5.73 Å². The Hall–Kier alpha value is -4.35. The van der Waals surface area contributed by atoms with E-state index in [-0.39, 0.29) is 16.0 Å². The molecule has 1 aliphatic heterocycles. The Morgan fingerprint density at radius 2 is 1.84 bits per heavy atom. The average molecular weight is 606 g/mol. The predicted octanol–water partition coefficient (Wildman–Crippen LogP) is 6.31. The number of aromatic amines is 1. The summed E-state index contributed by atoms with van der Waals surface area (Å²) in [6.07, 6.45) is 5.26. The van der Waals surface area contributed by atoms with Gasteiger partial charge in [0, 0.05) is 47.4 Å². The Bertz CT molecular complexity index is 1630. The number of nitrogens with zero attached hydrogens (tertiary/aromatic N) is 3. The number of primary amides is 1. The molecule has 2 aromatic heterocycles. The number of aromatic nitrogens is 3. The van der Waals surface area contributed by atoms with Gasteiger partial charge in [-0.1, -0.05) is 38.8 Å². The SMILES string of the molecule is CC(C)(C)c1cc(NC(=O)Nc2ccc(Oc3ccnc4cc(OCCN5CCCCC5)c(C(N)=O)cc34)cc2Cl)n[nH]1. The summed E-state index contributed by atoms with van der Waals surface area (Å²) < 4.78 is 12.1. The van der Waals surface area contributed by atoms with Gasteiger partial charge in [-0.2, -0.15) is 5.10 Å². The number of hydrogen-bond acceptors (Lipinski definition) is 7. The lowest BCUT2D eigenvalue weighted by atomic mass is 9.92. The van der Waals surface area contributed by atoms with Crippen LogP contribution in [-0.4, -0.2) is 58.3 Å². The van der Waals surface area contributed by atoms with Crippen molar-refractivity contribution >= 4 is 45.9 Å². The summed E-state index contributed by atoms with van der Waals surface area (Å²) in [4.78, 5) is 31.7. The third-order valence-electron chi connectivity index (χ3n) is 7.23. The number of benzene rings is 2. The number of urea groups is 1. The summed E-state index contributed by atoms with van der Waals surface area (Å²) in [5, 5.41) is 13.3. The van der Waals surface area contributed by atoms with Crippen molar-refractivity contribution in [2.45, 2.75) is 45.4 Å². The molecule has 0 aliphatic carbocycles. The van der Waals surface area contributed by atoms with E-state index in [1.165, 1.54) is 19.3 Å². The molecule has 3 amide bonds. The topological polar surface area (TPSA) is 147 Å². The fourth-order valence-electron chi connectivity index (χ4n) is 4.84. The summed E-state index contributed by atoms with van der Waals surface area (Å²) >= 11 is 6.48. The average Bonchev–Trinajstić information content (AvgIpc) is 3.44. The summed E-state index contributed by atoms with van der Waals surface area (Å²) in [7, 11) is 0. The van der Waals surface area contributed by atoms with Crippen molar-refractivity contribution < 1.29 is 19.1 Å². The van der Waals surface area contributed by atoms with Gasteiger partial charge in [0.2, 0.25) is 0 Å². The minimum Gasteiger partial charge on any atom is -0.491 e. The molecular weight excluding hydrogens is 570 g/mol. The van der Waals surface area contributed by atoms with Gasteiger partial charge in [0.1, 0.15) is 23.9 Å². The highest BCUT2D eigenvalue weighted by atomic mass is 35.5. The van der Waals surface area contributed by atoms with Crippen molar-refractivity contribution in [3.05, 3.63) is 64.9 Å². The number of likely N-dealkylation sites (tertiary alicyclic amines) is 1. The molecule has 1 fully saturated rings. The zero-order valence-corrected chi connectivity index (χ0v) is 25.3. The number of nitrogens with one attached hydrogen (secondary N) is 3. The van der Waals surface area contributed by atoms with E-state index in [2.05, 4.69) is 30.7 Å². The number of piperidine rings is 1. The van der Waals surface area contributed by atoms with E-state index in [1.807, 2.05) is 20.8 Å². The van der Waals surface area contributed by atoms with Crippen LogP contribution in [-0.2, 0) is 5.41 Å². The highest BCUT2D eigenvalue weighted by Gasteiger charge is 2.19. The van der Waals surface area contributed by atoms with Crippen LogP contribution in [0.2, 0.25) is 5.02 Å². The summed E-state index contributed by atoms with van der Waals surface area (Å²) in [5.74, 6) is 1.06. The molecule has 0 unspecified atom stereocenters. The first-order valence-electron chi connectivity index (χ1n) is 14.3. The molecule has 11 nitrogen and oxygen atoms in total. The number of carbonyl (C=O) groups excluding carboxylic acids is 2. The van der Waals surface area contributed by atoms with Crippen LogP contribution in [0.1, 0.15) is 56.1 Å². The first-order valence-corrected chi connectivity index (χ1v) is 14.6. The number of hydrogen-bond donors (Lipinski definition) is 4. The quantitative estimate of drug-likeness (QED) is 0.175. The molecule has 5 N–H and O–H groups in total. The number of carbonyl (C=O) groups is 2. The molecule has 1 aliphatic rings. The van der Waals surface area contributed by atoms with Crippen LogP contribution in [0.25, 0.3) is 10.9 Å². The summed E-state index contributed by atoms with van der Waals surface area (Å²) in [6.45, 7) is 9.47. The lowest BCUT2D eigenvalue weighted by molar-refractivity contribution is 0.0995. The number of anilines is 2. The Morgan fingerprint density at radius 3 is 2.53 bits per heavy atom. The molecule has 1 saturated heterocycles. The standard InChI is InChI=1S/C31H36ClN7O4/c1-31(2,3)27-18-28(38-37-27)36-30(41)35-23-8-7-19(15-22(23)32)43-25-9-10-34-24-17-26(21(29(33)40)16-20(24)25)42-14-13-39-11-5-4-6-12-39/h7-10,15-18H,4-6,11-14H2,1-3H3,(H2,33,40)(H3,35,36,37,38,41). The molecule has 0 atom stereocenters. The summed E-state index contributed by atoms with van der Waals surface area (Å²) in [6, 6.07) is 11.2. The first kappa shape index (κ1) is 30.1. The third-order valence-corrected chi connectivity index (χ3v) is 7.54. The van der Waals surface area contributed by atoms with E-state index in [0.717, 1.165) is 25.3 Å². The molecule has 4 aromatic rings. The number of ether oxygens (including phenoxy) is 2. The molecule has 5 rings (SSSR count). The smallest absolute Gasteiger partial charge is 0.324 e. The number of H-pyrrole nitrogens is 1. The van der Waals surface area contributed by atoms with Gasteiger partial charge >= 0.3 is 6.03 Å². The van der Waals surface area contributed by atoms with Crippen LogP contribution >= 0.6 is 11.6 Å². The zero-order valence-electron chi connectivity index (χ0n) is 24.5. The van der Waals surface area contributed by atoms with E-state index in [1.54, 1.807) is 48.7 Å². The Labute approximate surface area is 255 Å². The van der Waals surface area contributed by atoms with Crippen molar-refractivity contribution in [3.63, 3.8) is 0 Å². The Balaban J connectivity index is 1.27. The fraction of sp³-hybridized carbons (Fsp3) is 0.355. The van der Waals surface area contributed by atoms with Crippen LogP contribution < -0.4 is 25.8 Å². The van der Waals surface area contributed by atoms with E-state index >= 15 is 0 Å². The van der Waals surface area contributed by atoms with Gasteiger partial charge in [-0.15, -0.1) is 0 Å². The molecule has 226 valence electrons. The lowest BCUT2D eigenvalue weighted by Crippen LogP contribution is -2.33. The number of halogens is 1. The number of nitrogens with two attached hydrogens (primary N) is 1. The van der Waals surface area contributed by atoms with Gasteiger partial charge in [0.15, 0.2) is 5.82 Å². The maximum atomic E-state index is 12.6. The van der Waals surface area contributed by atoms with Crippen LogP contribution in [0.15, 0.2) is 48.7 Å². The van der Waals surface area contributed by atoms with Gasteiger partial charge in [-0.3, -0.25) is 25.1 Å². The van der Waals surface area contributed by atoms with E-state index in [9.17, 15) is 9.59 Å². The largest absolute Gasteiger partial charge is 0.491 e. The van der Waals surface area contributed by atoms with Crippen LogP contribution in [0.3, 0.4) is 0 Å². The monoisotopic (exact) mass is 605 g/mol. The molecule has 0 saturated carbocycles. The fourth-order valence-corrected chi connectivity index (χ4v) is 5.06. The Morgan fingerprint density at radius 1 is 1.05 bits per heavy atom. The molecular formula is C31H36ClN7O4. The number of amides is 3. The van der Waals surface area contributed by atoms with Gasteiger partial charge < -0.3 is 20.5 Å². The number of fused-ring (bicyclic) bond motifs is 1. The molecule has 0 radical (unpaired) electrons. The van der Waals surface area contributed by atoms with Crippen LogP contribution in [0.4, 0.5) is 16.3 Å². The molecule has 0 bridgehead atoms. The van der Waals surface area contributed by atoms with E-state index < -0.39 is 11.9 Å². The van der Waals surface area contributed by atoms with E-state index in [4.69, 9.17) is 26.8 Å². The maximum Gasteiger partial charge on any atom is 0.324 e. The maximum absolute atomic E-state index is 12.6. The zero-order chi connectivity index (χ0) is 30.6. The van der Waals surface area contributed by atoms with Crippen molar-refractivity contribution in [3.8, 4) is 17.2 Å². The molecule has 3 heterocycles. The summed E-state index contributed by atoms with van der Waals surface area (Å²) in [5.41, 5.74) is 7.70. The number of rotatable bonds is 9. The molecule has 2 aromatic carbocycles. The highest BCUT2D eigenvalue weighted by molar-refractivity contribution is 6.34. The normalized spacial score (nSPS) is 14.0. The first-order chi connectivity index (χ1) is 20.6. The second-order valence-corrected chi connectivity index (χ2v) is 11.9. The van der Waals surface area contributed by atoms with Gasteiger partial charge in [0.25, 0.3) is 5.91 Å². The minimum absolute atomic E-state index is 0.132. The highest BCUT2D eigenvalue weighted by Crippen LogP contribution is 2.35. The second kappa shape index (κ2) is 12.9. The predicted molar refractivity (Wildman–Crippen MR) is 168 cm³/mol. The minimum atomic E-state index is -0.606. The Kier molecular flexibility index (Phi) is 9.02. The third kappa shape index (κ3) is 7.54. The van der Waals surface area contributed by atoms with E-state index in [0.29, 0.717) is 46.3 Å². The lowest BCUT2D eigenvalue weighted by Gasteiger charge is -2.26. The second-order valence-electron chi connectivity index (χ2n) is 11.5. The molecule has 43 heavy (non-hydrogen) atoms.